The van der Waals surface area contributed by atoms with Crippen LogP contribution >= 0.6 is 0 Å². The van der Waals surface area contributed by atoms with Crippen LogP contribution < -0.4 is 9.47 Å². The van der Waals surface area contributed by atoms with Gasteiger partial charge in [0.15, 0.2) is 0 Å². The molecule has 0 saturated heterocycles. The van der Waals surface area contributed by atoms with Crippen molar-refractivity contribution in [3.63, 3.8) is 0 Å². The lowest BCUT2D eigenvalue weighted by Crippen LogP contribution is -2.14. The highest BCUT2D eigenvalue weighted by atomic mass is 19.1. The van der Waals surface area contributed by atoms with Crippen LogP contribution in [-0.4, -0.2) is 24.8 Å². The maximum absolute atomic E-state index is 13.0. The number of benzene rings is 2. The first-order chi connectivity index (χ1) is 11.1. The maximum Gasteiger partial charge on any atom is 0.311 e. The molecular weight excluding hydrogens is 299 g/mol. The number of aliphatic carboxylic acids is 1. The van der Waals surface area contributed by atoms with Crippen LogP contribution in [0.4, 0.5) is 4.39 Å². The van der Waals surface area contributed by atoms with E-state index < -0.39 is 11.9 Å². The molecule has 0 aromatic heterocycles. The molecule has 0 amide bonds. The summed E-state index contributed by atoms with van der Waals surface area (Å²) in [6.07, 6.45) is 0.941. The van der Waals surface area contributed by atoms with Gasteiger partial charge in [0.25, 0.3) is 0 Å². The van der Waals surface area contributed by atoms with E-state index in [1.807, 2.05) is 0 Å². The Balaban J connectivity index is 1.94. The second-order valence-electron chi connectivity index (χ2n) is 5.08. The van der Waals surface area contributed by atoms with Crippen molar-refractivity contribution in [2.24, 2.45) is 0 Å². The van der Waals surface area contributed by atoms with E-state index in [0.29, 0.717) is 36.5 Å². The lowest BCUT2D eigenvalue weighted by Gasteiger charge is -2.16. The molecule has 1 N–H and O–H groups in total. The summed E-state index contributed by atoms with van der Waals surface area (Å²) in [5.74, 6) is -0.928. The van der Waals surface area contributed by atoms with E-state index in [1.54, 1.807) is 36.4 Å². The highest BCUT2D eigenvalue weighted by Gasteiger charge is 2.22. The van der Waals surface area contributed by atoms with Crippen LogP contribution in [0.25, 0.3) is 0 Å². The minimum atomic E-state index is -0.903. The van der Waals surface area contributed by atoms with Gasteiger partial charge >= 0.3 is 5.97 Å². The van der Waals surface area contributed by atoms with Gasteiger partial charge in [-0.1, -0.05) is 24.3 Å². The zero-order valence-electron chi connectivity index (χ0n) is 12.9. The highest BCUT2D eigenvalue weighted by Crippen LogP contribution is 2.30. The number of carbonyl (C=O) groups is 1. The Morgan fingerprint density at radius 2 is 2.00 bits per heavy atom. The Morgan fingerprint density at radius 1 is 1.22 bits per heavy atom. The zero-order valence-corrected chi connectivity index (χ0v) is 12.9. The lowest BCUT2D eigenvalue weighted by atomic mass is 9.93. The lowest BCUT2D eigenvalue weighted by molar-refractivity contribution is -0.139. The minimum absolute atomic E-state index is 0.322. The van der Waals surface area contributed by atoms with E-state index in [4.69, 9.17) is 9.47 Å². The largest absolute Gasteiger partial charge is 0.496 e. The molecule has 0 radical (unpaired) electrons. The molecule has 2 aromatic rings. The van der Waals surface area contributed by atoms with Crippen LogP contribution in [-0.2, 0) is 4.79 Å². The first-order valence-corrected chi connectivity index (χ1v) is 7.36. The number of carboxylic acid groups (broad SMARTS) is 1. The van der Waals surface area contributed by atoms with Gasteiger partial charge in [0.2, 0.25) is 0 Å². The third-order valence-corrected chi connectivity index (χ3v) is 3.51. The van der Waals surface area contributed by atoms with Crippen molar-refractivity contribution in [1.29, 1.82) is 0 Å². The summed E-state index contributed by atoms with van der Waals surface area (Å²) in [7, 11) is 1.52. The predicted octanol–water partition coefficient (Wildman–Crippen LogP) is 3.86. The van der Waals surface area contributed by atoms with Gasteiger partial charge in [-0.3, -0.25) is 4.79 Å². The normalized spacial score (nSPS) is 11.7. The number of methoxy groups -OCH3 is 1. The van der Waals surface area contributed by atoms with Gasteiger partial charge < -0.3 is 14.6 Å². The van der Waals surface area contributed by atoms with E-state index in [9.17, 15) is 14.3 Å². The summed E-state index contributed by atoms with van der Waals surface area (Å²) in [6.45, 7) is 0.322. The fourth-order valence-electron chi connectivity index (χ4n) is 2.40. The number of hydrogen-bond donors (Lipinski definition) is 1. The molecule has 1 unspecified atom stereocenters. The SMILES string of the molecule is COc1ccccc1C(CCCOc1cccc(F)c1)C(=O)O. The zero-order chi connectivity index (χ0) is 16.7. The maximum atomic E-state index is 13.0. The number of hydrogen-bond acceptors (Lipinski definition) is 3. The van der Waals surface area contributed by atoms with E-state index in [0.717, 1.165) is 0 Å². The molecule has 23 heavy (non-hydrogen) atoms. The Hall–Kier alpha value is -2.56. The van der Waals surface area contributed by atoms with E-state index in [-0.39, 0.29) is 5.82 Å². The molecule has 0 aliphatic heterocycles. The molecule has 0 spiro atoms. The minimum Gasteiger partial charge on any atom is -0.496 e. The van der Waals surface area contributed by atoms with Crippen molar-refractivity contribution >= 4 is 5.97 Å². The van der Waals surface area contributed by atoms with Gasteiger partial charge in [0.1, 0.15) is 17.3 Å². The average Bonchev–Trinajstić information content (AvgIpc) is 2.54. The topological polar surface area (TPSA) is 55.8 Å². The van der Waals surface area contributed by atoms with E-state index >= 15 is 0 Å². The Labute approximate surface area is 134 Å². The first kappa shape index (κ1) is 16.8. The number of rotatable bonds is 8. The summed E-state index contributed by atoms with van der Waals surface area (Å²) in [5.41, 5.74) is 0.647. The molecular formula is C18H19FO4. The Kier molecular flexibility index (Phi) is 5.97. The molecule has 4 nitrogen and oxygen atoms in total. The van der Waals surface area contributed by atoms with Gasteiger partial charge in [-0.05, 0) is 31.0 Å². The standard InChI is InChI=1S/C18H19FO4/c1-22-17-10-3-2-8-15(17)16(18(20)21)9-5-11-23-14-7-4-6-13(19)12-14/h2-4,6-8,10,12,16H,5,9,11H2,1H3,(H,20,21). The number of para-hydroxylation sites is 1. The molecule has 0 saturated carbocycles. The summed E-state index contributed by atoms with van der Waals surface area (Å²) in [6, 6.07) is 13.0. The van der Waals surface area contributed by atoms with Crippen molar-refractivity contribution in [2.75, 3.05) is 13.7 Å². The van der Waals surface area contributed by atoms with Crippen LogP contribution in [0, 0.1) is 5.82 Å². The second-order valence-corrected chi connectivity index (χ2v) is 5.08. The summed E-state index contributed by atoms with van der Waals surface area (Å²) < 4.78 is 23.7. The highest BCUT2D eigenvalue weighted by molar-refractivity contribution is 5.77. The average molecular weight is 318 g/mol. The molecule has 0 heterocycles. The molecule has 1 atom stereocenters. The summed E-state index contributed by atoms with van der Waals surface area (Å²) in [5, 5.41) is 9.45. The number of carboxylic acids is 1. The third kappa shape index (κ3) is 4.71. The van der Waals surface area contributed by atoms with E-state index in [1.165, 1.54) is 19.2 Å². The smallest absolute Gasteiger partial charge is 0.311 e. The molecule has 0 bridgehead atoms. The molecule has 0 aliphatic rings. The summed E-state index contributed by atoms with van der Waals surface area (Å²) >= 11 is 0. The summed E-state index contributed by atoms with van der Waals surface area (Å²) in [4.78, 5) is 11.5. The second kappa shape index (κ2) is 8.17. The molecule has 5 heteroatoms. The van der Waals surface area contributed by atoms with Gasteiger partial charge in [-0.25, -0.2) is 4.39 Å². The Morgan fingerprint density at radius 3 is 2.70 bits per heavy atom. The predicted molar refractivity (Wildman–Crippen MR) is 84.5 cm³/mol. The van der Waals surface area contributed by atoms with Gasteiger partial charge in [0, 0.05) is 11.6 Å². The van der Waals surface area contributed by atoms with Crippen molar-refractivity contribution < 1.29 is 23.8 Å². The van der Waals surface area contributed by atoms with Gasteiger partial charge in [-0.2, -0.15) is 0 Å². The molecule has 122 valence electrons. The van der Waals surface area contributed by atoms with Crippen molar-refractivity contribution in [3.8, 4) is 11.5 Å². The van der Waals surface area contributed by atoms with Crippen molar-refractivity contribution in [1.82, 2.24) is 0 Å². The Bertz CT molecular complexity index is 657. The van der Waals surface area contributed by atoms with Gasteiger partial charge in [-0.15, -0.1) is 0 Å². The van der Waals surface area contributed by atoms with Crippen molar-refractivity contribution in [2.45, 2.75) is 18.8 Å². The van der Waals surface area contributed by atoms with Crippen molar-refractivity contribution in [3.05, 3.63) is 59.9 Å². The monoisotopic (exact) mass is 318 g/mol. The molecule has 2 rings (SSSR count). The van der Waals surface area contributed by atoms with Crippen LogP contribution in [0.5, 0.6) is 11.5 Å². The molecule has 2 aromatic carbocycles. The first-order valence-electron chi connectivity index (χ1n) is 7.36. The molecule has 0 aliphatic carbocycles. The third-order valence-electron chi connectivity index (χ3n) is 3.51. The van der Waals surface area contributed by atoms with Crippen LogP contribution in [0.2, 0.25) is 0 Å². The number of ether oxygens (including phenoxy) is 2. The van der Waals surface area contributed by atoms with Crippen LogP contribution in [0.1, 0.15) is 24.3 Å². The van der Waals surface area contributed by atoms with Crippen LogP contribution in [0.3, 0.4) is 0 Å². The molecule has 0 fully saturated rings. The van der Waals surface area contributed by atoms with E-state index in [2.05, 4.69) is 0 Å². The fourth-order valence-corrected chi connectivity index (χ4v) is 2.40. The number of halogens is 1. The van der Waals surface area contributed by atoms with Gasteiger partial charge in [0.05, 0.1) is 19.6 Å². The fraction of sp³-hybridized carbons (Fsp3) is 0.278. The quantitative estimate of drug-likeness (QED) is 0.751. The van der Waals surface area contributed by atoms with Crippen LogP contribution in [0.15, 0.2) is 48.5 Å².